The van der Waals surface area contributed by atoms with Crippen LogP contribution < -0.4 is 14.4 Å². The molecule has 1 aromatic carbocycles. The van der Waals surface area contributed by atoms with Gasteiger partial charge in [0.2, 0.25) is 0 Å². The summed E-state index contributed by atoms with van der Waals surface area (Å²) in [6.07, 6.45) is -0.621. The highest BCUT2D eigenvalue weighted by molar-refractivity contribution is 5.96. The fourth-order valence-corrected chi connectivity index (χ4v) is 1.89. The van der Waals surface area contributed by atoms with E-state index in [-0.39, 0.29) is 19.1 Å². The van der Waals surface area contributed by atoms with Gasteiger partial charge in [-0.25, -0.2) is 0 Å². The summed E-state index contributed by atoms with van der Waals surface area (Å²) in [7, 11) is 3.07. The summed E-state index contributed by atoms with van der Waals surface area (Å²) in [4.78, 5) is 13.4. The lowest BCUT2D eigenvalue weighted by atomic mass is 10.2. The maximum absolute atomic E-state index is 11.9. The number of nitriles is 1. The van der Waals surface area contributed by atoms with Crippen LogP contribution >= 0.6 is 0 Å². The summed E-state index contributed by atoms with van der Waals surface area (Å²) in [5.41, 5.74) is 0.608. The van der Waals surface area contributed by atoms with Crippen LogP contribution in [0.25, 0.3) is 0 Å². The average Bonchev–Trinajstić information content (AvgIpc) is 2.47. The zero-order chi connectivity index (χ0) is 13.8. The van der Waals surface area contributed by atoms with Gasteiger partial charge >= 0.3 is 0 Å². The van der Waals surface area contributed by atoms with Crippen molar-refractivity contribution in [2.75, 3.05) is 32.3 Å². The first-order valence-corrected chi connectivity index (χ1v) is 5.73. The first-order chi connectivity index (χ1) is 9.19. The highest BCUT2D eigenvalue weighted by Crippen LogP contribution is 2.33. The highest BCUT2D eigenvalue weighted by atomic mass is 16.5. The van der Waals surface area contributed by atoms with Crippen LogP contribution in [0.3, 0.4) is 0 Å². The Morgan fingerprint density at radius 2 is 2.21 bits per heavy atom. The summed E-state index contributed by atoms with van der Waals surface area (Å²) in [6.45, 7) is 0.0887. The number of rotatable bonds is 3. The Bertz CT molecular complexity index is 524. The summed E-state index contributed by atoms with van der Waals surface area (Å²) in [6, 6.07) is 7.17. The second-order valence-corrected chi connectivity index (χ2v) is 3.97. The van der Waals surface area contributed by atoms with Gasteiger partial charge in [-0.2, -0.15) is 5.26 Å². The van der Waals surface area contributed by atoms with Gasteiger partial charge in [-0.05, 0) is 12.1 Å². The van der Waals surface area contributed by atoms with E-state index in [1.807, 2.05) is 6.07 Å². The van der Waals surface area contributed by atoms with E-state index in [0.29, 0.717) is 17.2 Å². The number of anilines is 1. The number of amides is 1. The lowest BCUT2D eigenvalue weighted by Crippen LogP contribution is -2.46. The van der Waals surface area contributed by atoms with Crippen LogP contribution in [0.5, 0.6) is 11.5 Å². The zero-order valence-electron chi connectivity index (χ0n) is 10.8. The third-order valence-electron chi connectivity index (χ3n) is 2.88. The standard InChI is InChI=1S/C13H14N2O4/c1-17-9-3-4-11(12(5-9)18-2)15-7-10(6-14)19-8-13(15)16/h3-5,10H,7-8H2,1-2H3. The highest BCUT2D eigenvalue weighted by Gasteiger charge is 2.29. The van der Waals surface area contributed by atoms with Crippen molar-refractivity contribution in [3.8, 4) is 17.6 Å². The molecule has 6 heteroatoms. The van der Waals surface area contributed by atoms with Gasteiger partial charge < -0.3 is 19.1 Å². The molecule has 1 aliphatic rings. The van der Waals surface area contributed by atoms with Gasteiger partial charge in [0, 0.05) is 6.07 Å². The number of morpholine rings is 1. The van der Waals surface area contributed by atoms with Crippen molar-refractivity contribution in [3.63, 3.8) is 0 Å². The third-order valence-corrected chi connectivity index (χ3v) is 2.88. The number of methoxy groups -OCH3 is 2. The van der Waals surface area contributed by atoms with Crippen molar-refractivity contribution in [2.24, 2.45) is 0 Å². The number of hydrogen-bond acceptors (Lipinski definition) is 5. The molecule has 0 aliphatic carbocycles. The normalized spacial score (nSPS) is 18.9. The van der Waals surface area contributed by atoms with E-state index in [4.69, 9.17) is 19.5 Å². The van der Waals surface area contributed by atoms with Gasteiger partial charge in [-0.3, -0.25) is 4.79 Å². The zero-order valence-corrected chi connectivity index (χ0v) is 10.8. The Hall–Kier alpha value is -2.26. The molecule has 0 aromatic heterocycles. The molecule has 0 N–H and O–H groups in total. The Kier molecular flexibility index (Phi) is 3.88. The van der Waals surface area contributed by atoms with E-state index in [2.05, 4.69) is 0 Å². The van der Waals surface area contributed by atoms with Crippen LogP contribution in [-0.2, 0) is 9.53 Å². The van der Waals surface area contributed by atoms with Gasteiger partial charge in [0.1, 0.15) is 18.1 Å². The van der Waals surface area contributed by atoms with E-state index in [1.165, 1.54) is 12.0 Å². The van der Waals surface area contributed by atoms with Gasteiger partial charge in [0.05, 0.1) is 32.5 Å². The summed E-state index contributed by atoms with van der Waals surface area (Å²) in [5, 5.41) is 8.89. The molecule has 1 aromatic rings. The Balaban J connectivity index is 2.34. The molecule has 1 saturated heterocycles. The molecule has 1 heterocycles. The lowest BCUT2D eigenvalue weighted by Gasteiger charge is -2.30. The van der Waals surface area contributed by atoms with Gasteiger partial charge in [-0.1, -0.05) is 0 Å². The largest absolute Gasteiger partial charge is 0.497 e. The summed E-state index contributed by atoms with van der Waals surface area (Å²) < 4.78 is 15.5. The topological polar surface area (TPSA) is 71.8 Å². The van der Waals surface area contributed by atoms with E-state index < -0.39 is 6.10 Å². The molecular weight excluding hydrogens is 248 g/mol. The number of nitrogens with zero attached hydrogens (tertiary/aromatic N) is 2. The molecular formula is C13H14N2O4. The minimum absolute atomic E-state index is 0.104. The molecule has 0 radical (unpaired) electrons. The predicted octanol–water partition coefficient (Wildman–Crippen LogP) is 0.959. The van der Waals surface area contributed by atoms with Crippen LogP contribution in [0, 0.1) is 11.3 Å². The molecule has 1 aliphatic heterocycles. The minimum atomic E-state index is -0.621. The van der Waals surface area contributed by atoms with Crippen molar-refractivity contribution in [1.29, 1.82) is 5.26 Å². The molecule has 1 fully saturated rings. The summed E-state index contributed by atoms with van der Waals surface area (Å²) >= 11 is 0. The predicted molar refractivity (Wildman–Crippen MR) is 67.3 cm³/mol. The molecule has 0 spiro atoms. The molecule has 2 rings (SSSR count). The van der Waals surface area contributed by atoms with Gasteiger partial charge in [0.25, 0.3) is 5.91 Å². The fraction of sp³-hybridized carbons (Fsp3) is 0.385. The molecule has 1 amide bonds. The maximum Gasteiger partial charge on any atom is 0.253 e. The Labute approximate surface area is 111 Å². The quantitative estimate of drug-likeness (QED) is 0.811. The van der Waals surface area contributed by atoms with Crippen molar-refractivity contribution >= 4 is 11.6 Å². The average molecular weight is 262 g/mol. The van der Waals surface area contributed by atoms with E-state index in [0.717, 1.165) is 0 Å². The van der Waals surface area contributed by atoms with Crippen molar-refractivity contribution in [2.45, 2.75) is 6.10 Å². The number of ether oxygens (including phenoxy) is 3. The summed E-state index contributed by atoms with van der Waals surface area (Å²) in [5.74, 6) is 0.958. The van der Waals surface area contributed by atoms with Crippen LogP contribution in [0.15, 0.2) is 18.2 Å². The van der Waals surface area contributed by atoms with E-state index in [1.54, 1.807) is 25.3 Å². The molecule has 19 heavy (non-hydrogen) atoms. The molecule has 0 bridgehead atoms. The lowest BCUT2D eigenvalue weighted by molar-refractivity contribution is -0.127. The van der Waals surface area contributed by atoms with Crippen molar-refractivity contribution in [1.82, 2.24) is 0 Å². The number of carbonyl (C=O) groups is 1. The molecule has 6 nitrogen and oxygen atoms in total. The van der Waals surface area contributed by atoms with Gasteiger partial charge in [-0.15, -0.1) is 0 Å². The Morgan fingerprint density at radius 1 is 1.42 bits per heavy atom. The SMILES string of the molecule is COc1ccc(N2CC(C#N)OCC2=O)c(OC)c1. The van der Waals surface area contributed by atoms with Crippen molar-refractivity contribution in [3.05, 3.63) is 18.2 Å². The van der Waals surface area contributed by atoms with Crippen molar-refractivity contribution < 1.29 is 19.0 Å². The first kappa shape index (κ1) is 13.2. The molecule has 1 atom stereocenters. The van der Waals surface area contributed by atoms with Crippen LogP contribution in [-0.4, -0.2) is 39.4 Å². The van der Waals surface area contributed by atoms with E-state index >= 15 is 0 Å². The smallest absolute Gasteiger partial charge is 0.253 e. The number of hydrogen-bond donors (Lipinski definition) is 0. The monoisotopic (exact) mass is 262 g/mol. The van der Waals surface area contributed by atoms with Gasteiger partial charge in [0.15, 0.2) is 6.10 Å². The first-order valence-electron chi connectivity index (χ1n) is 5.73. The van der Waals surface area contributed by atoms with Crippen LogP contribution in [0.4, 0.5) is 5.69 Å². The Morgan fingerprint density at radius 3 is 2.84 bits per heavy atom. The fourth-order valence-electron chi connectivity index (χ4n) is 1.89. The molecule has 100 valence electrons. The maximum atomic E-state index is 11.9. The number of benzene rings is 1. The minimum Gasteiger partial charge on any atom is -0.497 e. The van der Waals surface area contributed by atoms with E-state index in [9.17, 15) is 4.79 Å². The number of carbonyl (C=O) groups excluding carboxylic acids is 1. The molecule has 1 unspecified atom stereocenters. The van der Waals surface area contributed by atoms with Crippen LogP contribution in [0.1, 0.15) is 0 Å². The second-order valence-electron chi connectivity index (χ2n) is 3.97. The second kappa shape index (κ2) is 5.59. The van der Waals surface area contributed by atoms with Crippen LogP contribution in [0.2, 0.25) is 0 Å². The third kappa shape index (κ3) is 2.61. The molecule has 0 saturated carbocycles.